The van der Waals surface area contributed by atoms with E-state index in [1.165, 1.54) is 6.33 Å². The molecule has 1 aliphatic carbocycles. The second-order valence-corrected chi connectivity index (χ2v) is 4.73. The molecule has 3 rings (SSSR count). The van der Waals surface area contributed by atoms with Crippen LogP contribution in [0.3, 0.4) is 0 Å². The summed E-state index contributed by atoms with van der Waals surface area (Å²) in [5, 5.41) is 13.1. The Bertz CT molecular complexity index is 616. The zero-order chi connectivity index (χ0) is 13.9. The summed E-state index contributed by atoms with van der Waals surface area (Å²) >= 11 is 0. The molecule has 0 aliphatic heterocycles. The van der Waals surface area contributed by atoms with Crippen molar-refractivity contribution in [1.82, 2.24) is 9.97 Å². The molecule has 0 amide bonds. The van der Waals surface area contributed by atoms with Crippen LogP contribution in [-0.2, 0) is 6.42 Å². The third-order valence-corrected chi connectivity index (χ3v) is 3.37. The van der Waals surface area contributed by atoms with Crippen LogP contribution in [0.4, 0.5) is 11.5 Å². The van der Waals surface area contributed by atoms with E-state index in [0.717, 1.165) is 34.9 Å². The molecule has 5 heteroatoms. The highest BCUT2D eigenvalue weighted by atomic mass is 16.5. The minimum atomic E-state index is -0.469. The number of aliphatic hydroxyl groups excluding tert-OH is 1. The summed E-state index contributed by atoms with van der Waals surface area (Å²) < 4.78 is 5.48. The normalized spacial score (nSPS) is 16.8. The number of benzene rings is 1. The van der Waals surface area contributed by atoms with Crippen molar-refractivity contribution in [2.45, 2.75) is 25.9 Å². The number of hydrogen-bond acceptors (Lipinski definition) is 5. The maximum Gasteiger partial charge on any atom is 0.137 e. The van der Waals surface area contributed by atoms with Crippen molar-refractivity contribution in [2.75, 3.05) is 11.9 Å². The summed E-state index contributed by atoms with van der Waals surface area (Å²) in [5.74, 6) is 1.59. The number of hydrogen-bond donors (Lipinski definition) is 2. The van der Waals surface area contributed by atoms with Crippen LogP contribution in [0.1, 0.15) is 30.7 Å². The smallest absolute Gasteiger partial charge is 0.137 e. The van der Waals surface area contributed by atoms with Gasteiger partial charge in [0.1, 0.15) is 17.9 Å². The summed E-state index contributed by atoms with van der Waals surface area (Å²) in [6.07, 6.45) is 2.53. The highest BCUT2D eigenvalue weighted by molar-refractivity contribution is 5.62. The van der Waals surface area contributed by atoms with Gasteiger partial charge in [-0.15, -0.1) is 0 Å². The molecule has 0 fully saturated rings. The Morgan fingerprint density at radius 2 is 2.30 bits per heavy atom. The first kappa shape index (κ1) is 12.9. The maximum absolute atomic E-state index is 9.85. The number of rotatable bonds is 4. The van der Waals surface area contributed by atoms with Crippen LogP contribution in [0.25, 0.3) is 0 Å². The fourth-order valence-electron chi connectivity index (χ4n) is 2.45. The van der Waals surface area contributed by atoms with Crippen LogP contribution in [0.2, 0.25) is 0 Å². The number of nitrogens with one attached hydrogen (secondary N) is 1. The highest BCUT2D eigenvalue weighted by Gasteiger charge is 2.25. The van der Waals surface area contributed by atoms with E-state index in [1.54, 1.807) is 0 Å². The minimum Gasteiger partial charge on any atom is -0.494 e. The van der Waals surface area contributed by atoms with Crippen LogP contribution < -0.4 is 10.1 Å². The minimum absolute atomic E-state index is 0.469. The molecule has 1 aromatic heterocycles. The molecule has 0 radical (unpaired) electrons. The van der Waals surface area contributed by atoms with Gasteiger partial charge < -0.3 is 15.2 Å². The molecular weight excluding hydrogens is 254 g/mol. The number of fused-ring (bicyclic) bond motifs is 1. The standard InChI is InChI=1S/C15H17N3O2/c1-2-20-11-5-3-4-10(8-11)18-15-12-6-7-13(19)14(12)16-9-17-15/h3-5,8-9,13,19H,2,6-7H2,1H3,(H,16,17,18). The summed E-state index contributed by atoms with van der Waals surface area (Å²) in [7, 11) is 0. The highest BCUT2D eigenvalue weighted by Crippen LogP contribution is 2.34. The Kier molecular flexibility index (Phi) is 3.52. The molecule has 2 N–H and O–H groups in total. The van der Waals surface area contributed by atoms with Gasteiger partial charge in [-0.25, -0.2) is 9.97 Å². The van der Waals surface area contributed by atoms with E-state index < -0.39 is 6.10 Å². The quantitative estimate of drug-likeness (QED) is 0.894. The Balaban J connectivity index is 1.87. The van der Waals surface area contributed by atoms with Gasteiger partial charge in [0.2, 0.25) is 0 Å². The lowest BCUT2D eigenvalue weighted by Crippen LogP contribution is -2.02. The predicted octanol–water partition coefficient (Wildman–Crippen LogP) is 2.60. The molecule has 0 saturated carbocycles. The monoisotopic (exact) mass is 271 g/mol. The van der Waals surface area contributed by atoms with E-state index in [-0.39, 0.29) is 0 Å². The van der Waals surface area contributed by atoms with Gasteiger partial charge in [-0.2, -0.15) is 0 Å². The molecular formula is C15H17N3O2. The third-order valence-electron chi connectivity index (χ3n) is 3.37. The van der Waals surface area contributed by atoms with Crippen LogP contribution in [0.5, 0.6) is 5.75 Å². The summed E-state index contributed by atoms with van der Waals surface area (Å²) in [6, 6.07) is 7.75. The summed E-state index contributed by atoms with van der Waals surface area (Å²) in [5.41, 5.74) is 2.66. The molecule has 20 heavy (non-hydrogen) atoms. The number of anilines is 2. The van der Waals surface area contributed by atoms with Crippen molar-refractivity contribution in [3.05, 3.63) is 41.9 Å². The first-order valence-electron chi connectivity index (χ1n) is 6.79. The fourth-order valence-corrected chi connectivity index (χ4v) is 2.45. The van der Waals surface area contributed by atoms with E-state index >= 15 is 0 Å². The van der Waals surface area contributed by atoms with Crippen LogP contribution in [0, 0.1) is 0 Å². The van der Waals surface area contributed by atoms with E-state index in [4.69, 9.17) is 4.74 Å². The summed E-state index contributed by atoms with van der Waals surface area (Å²) in [4.78, 5) is 8.45. The van der Waals surface area contributed by atoms with Crippen molar-refractivity contribution in [1.29, 1.82) is 0 Å². The lowest BCUT2D eigenvalue weighted by molar-refractivity contribution is 0.175. The Labute approximate surface area is 117 Å². The van der Waals surface area contributed by atoms with E-state index in [0.29, 0.717) is 13.0 Å². The van der Waals surface area contributed by atoms with Gasteiger partial charge in [0.25, 0.3) is 0 Å². The first-order chi connectivity index (χ1) is 9.78. The molecule has 0 spiro atoms. The zero-order valence-corrected chi connectivity index (χ0v) is 11.3. The molecule has 1 heterocycles. The van der Waals surface area contributed by atoms with Gasteiger partial charge in [-0.05, 0) is 31.9 Å². The molecule has 0 saturated heterocycles. The number of aliphatic hydroxyl groups is 1. The average molecular weight is 271 g/mol. The van der Waals surface area contributed by atoms with Crippen LogP contribution in [-0.4, -0.2) is 21.7 Å². The van der Waals surface area contributed by atoms with Crippen molar-refractivity contribution >= 4 is 11.5 Å². The third kappa shape index (κ3) is 2.44. The topological polar surface area (TPSA) is 67.3 Å². The first-order valence-corrected chi connectivity index (χ1v) is 6.79. The van der Waals surface area contributed by atoms with Gasteiger partial charge in [0.05, 0.1) is 18.4 Å². The Morgan fingerprint density at radius 3 is 3.15 bits per heavy atom. The molecule has 2 aromatic rings. The van der Waals surface area contributed by atoms with E-state index in [2.05, 4.69) is 15.3 Å². The van der Waals surface area contributed by atoms with Gasteiger partial charge >= 0.3 is 0 Å². The van der Waals surface area contributed by atoms with E-state index in [9.17, 15) is 5.11 Å². The molecule has 104 valence electrons. The van der Waals surface area contributed by atoms with Gasteiger partial charge in [0, 0.05) is 17.3 Å². The SMILES string of the molecule is CCOc1cccc(Nc2ncnc3c2CCC3O)c1. The van der Waals surface area contributed by atoms with Crippen molar-refractivity contribution in [3.63, 3.8) is 0 Å². The maximum atomic E-state index is 9.85. The molecule has 5 nitrogen and oxygen atoms in total. The van der Waals surface area contributed by atoms with Gasteiger partial charge in [-0.1, -0.05) is 6.07 Å². The number of aromatic nitrogens is 2. The van der Waals surface area contributed by atoms with Crippen molar-refractivity contribution in [2.24, 2.45) is 0 Å². The second-order valence-electron chi connectivity index (χ2n) is 4.73. The zero-order valence-electron chi connectivity index (χ0n) is 11.3. The molecule has 1 aliphatic rings. The predicted molar refractivity (Wildman–Crippen MR) is 76.2 cm³/mol. The average Bonchev–Trinajstić information content (AvgIpc) is 2.83. The lowest BCUT2D eigenvalue weighted by Gasteiger charge is -2.11. The van der Waals surface area contributed by atoms with Crippen molar-refractivity contribution in [3.8, 4) is 5.75 Å². The Hall–Kier alpha value is -2.14. The van der Waals surface area contributed by atoms with E-state index in [1.807, 2.05) is 31.2 Å². The number of nitrogens with zero attached hydrogens (tertiary/aromatic N) is 2. The Morgan fingerprint density at radius 1 is 1.40 bits per heavy atom. The van der Waals surface area contributed by atoms with Gasteiger partial charge in [0.15, 0.2) is 0 Å². The van der Waals surface area contributed by atoms with Crippen molar-refractivity contribution < 1.29 is 9.84 Å². The summed E-state index contributed by atoms with van der Waals surface area (Å²) in [6.45, 7) is 2.59. The molecule has 1 aromatic carbocycles. The number of ether oxygens (including phenoxy) is 1. The van der Waals surface area contributed by atoms with Crippen LogP contribution >= 0.6 is 0 Å². The lowest BCUT2D eigenvalue weighted by atomic mass is 10.2. The fraction of sp³-hybridized carbons (Fsp3) is 0.333. The largest absolute Gasteiger partial charge is 0.494 e. The van der Waals surface area contributed by atoms with Crippen LogP contribution in [0.15, 0.2) is 30.6 Å². The second kappa shape index (κ2) is 5.46. The molecule has 1 atom stereocenters. The molecule has 0 bridgehead atoms. The van der Waals surface area contributed by atoms with Gasteiger partial charge in [-0.3, -0.25) is 0 Å². The molecule has 1 unspecified atom stereocenters.